The summed E-state index contributed by atoms with van der Waals surface area (Å²) in [6.07, 6.45) is -0.686. The number of carbonyl (C=O) groups is 3. The number of carboxylic acid groups (broad SMARTS) is 1. The highest BCUT2D eigenvalue weighted by Crippen LogP contribution is 2.44. The van der Waals surface area contributed by atoms with Gasteiger partial charge in [-0.3, -0.25) is 14.9 Å². The number of nitrogens with zero attached hydrogens (tertiary/aromatic N) is 2. The molecule has 0 fully saturated rings. The Morgan fingerprint density at radius 1 is 1.06 bits per heavy atom. The second-order valence-electron chi connectivity index (χ2n) is 9.32. The smallest absolute Gasteiger partial charge is 0.413 e. The number of hydrogen-bond donors (Lipinski definition) is 2. The molecule has 8 nitrogen and oxygen atoms in total. The van der Waals surface area contributed by atoms with Crippen LogP contribution in [0.15, 0.2) is 53.9 Å². The van der Waals surface area contributed by atoms with E-state index in [1.165, 1.54) is 16.2 Å². The van der Waals surface area contributed by atoms with Crippen molar-refractivity contribution >= 4 is 34.4 Å². The van der Waals surface area contributed by atoms with E-state index in [1.807, 2.05) is 24.3 Å². The van der Waals surface area contributed by atoms with Crippen LogP contribution in [0.4, 0.5) is 9.93 Å². The molecule has 0 radical (unpaired) electrons. The van der Waals surface area contributed by atoms with E-state index in [2.05, 4.69) is 34.6 Å². The number of aromatic nitrogens is 1. The van der Waals surface area contributed by atoms with E-state index < -0.39 is 24.1 Å². The van der Waals surface area contributed by atoms with Crippen LogP contribution in [0, 0.1) is 0 Å². The quantitative estimate of drug-likeness (QED) is 0.491. The molecule has 0 saturated carbocycles. The fraction of sp³-hybridized carbons (Fsp3) is 0.308. The first-order valence-electron chi connectivity index (χ1n) is 11.2. The van der Waals surface area contributed by atoms with Crippen LogP contribution in [0.1, 0.15) is 43.5 Å². The molecule has 1 aromatic heterocycles. The third-order valence-electron chi connectivity index (χ3n) is 5.84. The molecule has 182 valence electrons. The third-order valence-corrected chi connectivity index (χ3v) is 6.65. The van der Waals surface area contributed by atoms with E-state index in [1.54, 1.807) is 26.2 Å². The molecule has 4 rings (SSSR count). The van der Waals surface area contributed by atoms with Crippen LogP contribution in [0.3, 0.4) is 0 Å². The fourth-order valence-electron chi connectivity index (χ4n) is 4.25. The molecule has 2 aromatic carbocycles. The first kappa shape index (κ1) is 24.4. The Morgan fingerprint density at radius 3 is 2.23 bits per heavy atom. The topological polar surface area (TPSA) is 109 Å². The summed E-state index contributed by atoms with van der Waals surface area (Å²) in [7, 11) is 0. The van der Waals surface area contributed by atoms with E-state index in [9.17, 15) is 14.4 Å². The number of ether oxygens (including phenoxy) is 1. The number of thiazole rings is 1. The number of rotatable bonds is 7. The second-order valence-corrected chi connectivity index (χ2v) is 10.2. The van der Waals surface area contributed by atoms with Gasteiger partial charge in [0, 0.05) is 16.8 Å². The average molecular weight is 494 g/mol. The van der Waals surface area contributed by atoms with Gasteiger partial charge < -0.3 is 14.7 Å². The Hall–Kier alpha value is -3.72. The predicted molar refractivity (Wildman–Crippen MR) is 134 cm³/mol. The first-order chi connectivity index (χ1) is 16.6. The maximum Gasteiger partial charge on any atom is 0.413 e. The van der Waals surface area contributed by atoms with Gasteiger partial charge in [-0.05, 0) is 43.0 Å². The van der Waals surface area contributed by atoms with Crippen molar-refractivity contribution in [2.45, 2.75) is 38.6 Å². The van der Waals surface area contributed by atoms with Crippen LogP contribution in [-0.2, 0) is 20.7 Å². The minimum Gasteiger partial charge on any atom is -0.480 e. The lowest BCUT2D eigenvalue weighted by atomic mass is 9.98. The molecule has 0 saturated heterocycles. The number of benzene rings is 2. The largest absolute Gasteiger partial charge is 0.480 e. The molecule has 0 spiro atoms. The van der Waals surface area contributed by atoms with Crippen molar-refractivity contribution in [3.05, 3.63) is 70.7 Å². The molecule has 3 aromatic rings. The maximum absolute atomic E-state index is 12.7. The highest BCUT2D eigenvalue weighted by molar-refractivity contribution is 7.13. The van der Waals surface area contributed by atoms with Crippen molar-refractivity contribution in [1.29, 1.82) is 0 Å². The summed E-state index contributed by atoms with van der Waals surface area (Å²) in [4.78, 5) is 41.9. The number of carboxylic acids is 1. The number of hydrogen-bond acceptors (Lipinski definition) is 6. The summed E-state index contributed by atoms with van der Waals surface area (Å²) in [6, 6.07) is 16.2. The van der Waals surface area contributed by atoms with Gasteiger partial charge in [0.25, 0.3) is 0 Å². The fourth-order valence-corrected chi connectivity index (χ4v) is 4.95. The zero-order valence-electron chi connectivity index (χ0n) is 19.8. The average Bonchev–Trinajstić information content (AvgIpc) is 3.37. The molecule has 35 heavy (non-hydrogen) atoms. The Balaban J connectivity index is 1.36. The Kier molecular flexibility index (Phi) is 6.88. The minimum absolute atomic E-state index is 0.0461. The number of nitrogens with one attached hydrogen (secondary N) is 1. The van der Waals surface area contributed by atoms with Crippen molar-refractivity contribution in [1.82, 2.24) is 9.88 Å². The lowest BCUT2D eigenvalue weighted by molar-refractivity contribution is -0.147. The number of fused-ring (bicyclic) bond motifs is 3. The minimum atomic E-state index is -1.08. The summed E-state index contributed by atoms with van der Waals surface area (Å²) >= 11 is 1.18. The maximum atomic E-state index is 12.7. The first-order valence-corrected chi connectivity index (χ1v) is 12.1. The van der Waals surface area contributed by atoms with Crippen LogP contribution >= 0.6 is 11.3 Å². The summed E-state index contributed by atoms with van der Waals surface area (Å²) in [5.74, 6) is -1.47. The predicted octanol–water partition coefficient (Wildman–Crippen LogP) is 4.76. The zero-order chi connectivity index (χ0) is 25.2. The van der Waals surface area contributed by atoms with Crippen LogP contribution in [0.5, 0.6) is 0 Å². The van der Waals surface area contributed by atoms with E-state index in [0.29, 0.717) is 10.8 Å². The molecule has 2 amide bonds. The highest BCUT2D eigenvalue weighted by atomic mass is 32.1. The van der Waals surface area contributed by atoms with Gasteiger partial charge in [0.1, 0.15) is 13.2 Å². The van der Waals surface area contributed by atoms with Gasteiger partial charge in [0.15, 0.2) is 5.13 Å². The lowest BCUT2D eigenvalue weighted by Crippen LogP contribution is -2.48. The second kappa shape index (κ2) is 9.87. The van der Waals surface area contributed by atoms with Crippen LogP contribution in [-0.4, -0.2) is 51.7 Å². The van der Waals surface area contributed by atoms with E-state index in [4.69, 9.17) is 9.84 Å². The third kappa shape index (κ3) is 5.51. The molecule has 9 heteroatoms. The summed E-state index contributed by atoms with van der Waals surface area (Å²) in [5.41, 5.74) is 4.36. The zero-order valence-corrected chi connectivity index (χ0v) is 20.6. The molecule has 1 aliphatic rings. The lowest BCUT2D eigenvalue weighted by Gasteiger charge is -2.34. The molecular formula is C26H27N3O5S. The van der Waals surface area contributed by atoms with Gasteiger partial charge in [-0.2, -0.15) is 0 Å². The van der Waals surface area contributed by atoms with Crippen LogP contribution in [0.25, 0.3) is 11.1 Å². The molecule has 0 atom stereocenters. The van der Waals surface area contributed by atoms with Crippen molar-refractivity contribution < 1.29 is 24.2 Å². The van der Waals surface area contributed by atoms with Crippen molar-refractivity contribution in [3.8, 4) is 11.1 Å². The standard InChI is InChI=1S/C26H27N3O5S/c1-26(2,3)29(13-23(31)32)22(30)12-16-15-35-24(27-16)28-25(33)34-14-21-19-10-6-4-8-17(19)18-9-5-7-11-20(18)21/h4-11,15,21H,12-14H2,1-3H3,(H,31,32)(H,27,28,33). The monoisotopic (exact) mass is 493 g/mol. The number of anilines is 1. The van der Waals surface area contributed by atoms with Crippen molar-refractivity contribution in [2.24, 2.45) is 0 Å². The number of amides is 2. The van der Waals surface area contributed by atoms with Gasteiger partial charge in [0.2, 0.25) is 5.91 Å². The number of aliphatic carboxylic acids is 1. The van der Waals surface area contributed by atoms with E-state index >= 15 is 0 Å². The molecule has 0 unspecified atom stereocenters. The van der Waals surface area contributed by atoms with Crippen molar-refractivity contribution in [3.63, 3.8) is 0 Å². The normalized spacial score (nSPS) is 12.5. The van der Waals surface area contributed by atoms with E-state index in [0.717, 1.165) is 22.3 Å². The summed E-state index contributed by atoms with van der Waals surface area (Å²) in [5, 5.41) is 13.7. The Labute approximate surface area is 207 Å². The van der Waals surface area contributed by atoms with Gasteiger partial charge in [-0.25, -0.2) is 9.78 Å². The molecular weight excluding hydrogens is 466 g/mol. The molecule has 0 bridgehead atoms. The number of carbonyl (C=O) groups excluding carboxylic acids is 2. The van der Waals surface area contributed by atoms with E-state index in [-0.39, 0.29) is 24.9 Å². The van der Waals surface area contributed by atoms with Crippen LogP contribution in [0.2, 0.25) is 0 Å². The summed E-state index contributed by atoms with van der Waals surface area (Å²) < 4.78 is 5.54. The molecule has 1 aliphatic carbocycles. The van der Waals surface area contributed by atoms with Crippen LogP contribution < -0.4 is 5.32 Å². The molecule has 0 aliphatic heterocycles. The summed E-state index contributed by atoms with van der Waals surface area (Å²) in [6.45, 7) is 5.13. The SMILES string of the molecule is CC(C)(C)N(CC(=O)O)C(=O)Cc1csc(NC(=O)OCC2c3ccccc3-c3ccccc32)n1. The highest BCUT2D eigenvalue weighted by Gasteiger charge is 2.30. The van der Waals surface area contributed by atoms with Crippen molar-refractivity contribution in [2.75, 3.05) is 18.5 Å². The Morgan fingerprint density at radius 2 is 1.66 bits per heavy atom. The van der Waals surface area contributed by atoms with Gasteiger partial charge in [0.05, 0.1) is 12.1 Å². The molecule has 1 heterocycles. The van der Waals surface area contributed by atoms with Gasteiger partial charge in [-0.15, -0.1) is 11.3 Å². The Bertz CT molecular complexity index is 1220. The van der Waals surface area contributed by atoms with Gasteiger partial charge >= 0.3 is 12.1 Å². The van der Waals surface area contributed by atoms with Gasteiger partial charge in [-0.1, -0.05) is 48.5 Å². The molecule has 2 N–H and O–H groups in total.